The van der Waals surface area contributed by atoms with Crippen LogP contribution < -0.4 is 10.9 Å². The number of hydrogen-bond acceptors (Lipinski definition) is 7. The first-order valence-corrected chi connectivity index (χ1v) is 12.3. The Morgan fingerprint density at radius 1 is 1.22 bits per heavy atom. The molecule has 7 nitrogen and oxygen atoms in total. The number of nitrogens with zero attached hydrogens (tertiary/aromatic N) is 4. The van der Waals surface area contributed by atoms with Gasteiger partial charge >= 0.3 is 0 Å². The third-order valence-corrected chi connectivity index (χ3v) is 7.11. The third kappa shape index (κ3) is 6.97. The van der Waals surface area contributed by atoms with Gasteiger partial charge in [0.2, 0.25) is 0 Å². The van der Waals surface area contributed by atoms with E-state index in [4.69, 9.17) is 21.6 Å². The molecule has 2 aliphatic rings. The van der Waals surface area contributed by atoms with Crippen molar-refractivity contribution in [3.63, 3.8) is 0 Å². The number of nitriles is 1. The van der Waals surface area contributed by atoms with Crippen molar-refractivity contribution in [3.05, 3.63) is 57.0 Å². The number of piperidine rings is 1. The molecular weight excluding hydrogens is 446 g/mol. The van der Waals surface area contributed by atoms with Crippen molar-refractivity contribution in [1.29, 1.82) is 5.26 Å². The Labute approximate surface area is 198 Å². The van der Waals surface area contributed by atoms with Crippen molar-refractivity contribution in [3.8, 4) is 6.07 Å². The number of aromatic nitrogens is 2. The highest BCUT2D eigenvalue weighted by Gasteiger charge is 2.23. The molecule has 0 aliphatic carbocycles. The van der Waals surface area contributed by atoms with E-state index in [1.807, 2.05) is 24.3 Å². The Morgan fingerprint density at radius 2 is 1.91 bits per heavy atom. The van der Waals surface area contributed by atoms with Crippen LogP contribution >= 0.6 is 23.5 Å². The molecule has 1 aromatic heterocycles. The monoisotopic (exact) mass is 475 g/mol. The van der Waals surface area contributed by atoms with Gasteiger partial charge in [-0.1, -0.05) is 35.7 Å². The predicted octanol–water partition coefficient (Wildman–Crippen LogP) is 4.48. The quantitative estimate of drug-likeness (QED) is 0.638. The van der Waals surface area contributed by atoms with Crippen molar-refractivity contribution >= 4 is 29.2 Å². The van der Waals surface area contributed by atoms with E-state index in [2.05, 4.69) is 20.8 Å². The minimum Gasteiger partial charge on any atom is -0.385 e. The summed E-state index contributed by atoms with van der Waals surface area (Å²) in [6.07, 6.45) is 7.26. The number of rotatable bonds is 5. The summed E-state index contributed by atoms with van der Waals surface area (Å²) >= 11 is 7.90. The van der Waals surface area contributed by atoms with Gasteiger partial charge in [-0.2, -0.15) is 10.4 Å². The summed E-state index contributed by atoms with van der Waals surface area (Å²) in [5.74, 6) is 0.872. The molecule has 0 saturated carbocycles. The van der Waals surface area contributed by atoms with Crippen LogP contribution in [0.15, 0.2) is 35.3 Å². The van der Waals surface area contributed by atoms with Crippen molar-refractivity contribution in [2.24, 2.45) is 0 Å². The molecule has 32 heavy (non-hydrogen) atoms. The van der Waals surface area contributed by atoms with Crippen molar-refractivity contribution in [2.75, 3.05) is 38.7 Å². The summed E-state index contributed by atoms with van der Waals surface area (Å²) in [5.41, 5.74) is 2.20. The summed E-state index contributed by atoms with van der Waals surface area (Å²) < 4.78 is 8.91. The molecular formula is C23H30ClN5O2S. The molecule has 0 spiro atoms. The van der Waals surface area contributed by atoms with Gasteiger partial charge in [0.15, 0.2) is 0 Å². The van der Waals surface area contributed by atoms with E-state index in [1.54, 1.807) is 25.2 Å². The average molecular weight is 476 g/mol. The second-order valence-corrected chi connectivity index (χ2v) is 9.23. The Kier molecular flexibility index (Phi) is 9.88. The van der Waals surface area contributed by atoms with Gasteiger partial charge in [0.05, 0.1) is 29.6 Å². The van der Waals surface area contributed by atoms with Gasteiger partial charge in [-0.05, 0) is 49.8 Å². The normalized spacial score (nSPS) is 17.2. The predicted molar refractivity (Wildman–Crippen MR) is 130 cm³/mol. The highest BCUT2D eigenvalue weighted by Crippen LogP contribution is 2.27. The number of halogens is 1. The molecule has 2 fully saturated rings. The molecule has 0 bridgehead atoms. The smallest absolute Gasteiger partial charge is 0.287 e. The van der Waals surface area contributed by atoms with Gasteiger partial charge in [0, 0.05) is 39.1 Å². The highest BCUT2D eigenvalue weighted by molar-refractivity contribution is 7.96. The average Bonchev–Trinajstić information content (AvgIpc) is 2.86. The molecule has 1 aromatic carbocycles. The second-order valence-electron chi connectivity index (χ2n) is 7.79. The Morgan fingerprint density at radius 3 is 2.44 bits per heavy atom. The topological polar surface area (TPSA) is 83.2 Å². The van der Waals surface area contributed by atoms with E-state index in [-0.39, 0.29) is 16.6 Å². The standard InChI is InChI=1S/C18H20ClN5OS.C5H10O/c1-21-16-11-22-24(18(25)17(16)19)15-6-8-23(9-7-15)26-12-14-4-2-13(10-20)3-5-14;1-2-4-6-5-3-1/h2-5,11,15,21H,6-9,12H2,1H3;1-5H2. The minimum atomic E-state index is -0.234. The minimum absolute atomic E-state index is 0.0812. The molecule has 1 N–H and O–H groups in total. The van der Waals surface area contributed by atoms with Gasteiger partial charge in [0.1, 0.15) is 5.02 Å². The van der Waals surface area contributed by atoms with E-state index in [0.717, 1.165) is 44.9 Å². The molecule has 2 aliphatic heterocycles. The zero-order chi connectivity index (χ0) is 22.8. The maximum Gasteiger partial charge on any atom is 0.287 e. The van der Waals surface area contributed by atoms with E-state index >= 15 is 0 Å². The molecule has 0 atom stereocenters. The van der Waals surface area contributed by atoms with E-state index in [9.17, 15) is 4.79 Å². The first-order chi connectivity index (χ1) is 15.6. The van der Waals surface area contributed by atoms with E-state index in [1.165, 1.54) is 29.5 Å². The van der Waals surface area contributed by atoms with Crippen molar-refractivity contribution in [1.82, 2.24) is 14.1 Å². The fourth-order valence-corrected chi connectivity index (χ4v) is 4.85. The van der Waals surface area contributed by atoms with E-state index in [0.29, 0.717) is 11.3 Å². The zero-order valence-corrected chi connectivity index (χ0v) is 20.0. The van der Waals surface area contributed by atoms with Gasteiger partial charge in [-0.15, -0.1) is 0 Å². The SMILES string of the molecule is C1CCOCC1.CNc1cnn(C2CCN(SCc3ccc(C#N)cc3)CC2)c(=O)c1Cl. The number of ether oxygens (including phenoxy) is 1. The van der Waals surface area contributed by atoms with Gasteiger partial charge < -0.3 is 10.1 Å². The van der Waals surface area contributed by atoms with Crippen LogP contribution in [-0.4, -0.2) is 47.4 Å². The lowest BCUT2D eigenvalue weighted by atomic mass is 10.1. The van der Waals surface area contributed by atoms with Crippen LogP contribution in [0.25, 0.3) is 0 Å². The number of nitrogens with one attached hydrogen (secondary N) is 1. The lowest BCUT2D eigenvalue weighted by molar-refractivity contribution is 0.0968. The first-order valence-electron chi connectivity index (χ1n) is 11.0. The second kappa shape index (κ2) is 12.9. The lowest BCUT2D eigenvalue weighted by Crippen LogP contribution is -2.36. The molecule has 2 saturated heterocycles. The Bertz CT molecular complexity index is 937. The highest BCUT2D eigenvalue weighted by atomic mass is 35.5. The summed E-state index contributed by atoms with van der Waals surface area (Å²) in [6.45, 7) is 3.79. The molecule has 3 heterocycles. The lowest BCUT2D eigenvalue weighted by Gasteiger charge is -2.31. The first kappa shape index (κ1) is 24.6. The largest absolute Gasteiger partial charge is 0.385 e. The molecule has 0 amide bonds. The third-order valence-electron chi connectivity index (χ3n) is 5.56. The maximum absolute atomic E-state index is 12.4. The molecule has 4 rings (SSSR count). The van der Waals surface area contributed by atoms with Crippen LogP contribution in [0.3, 0.4) is 0 Å². The molecule has 2 aromatic rings. The summed E-state index contributed by atoms with van der Waals surface area (Å²) in [7, 11) is 1.72. The molecule has 0 unspecified atom stereocenters. The number of benzene rings is 1. The van der Waals surface area contributed by atoms with Crippen molar-refractivity contribution < 1.29 is 4.74 Å². The molecule has 172 valence electrons. The number of hydrogen-bond donors (Lipinski definition) is 1. The van der Waals surface area contributed by atoms with Gasteiger partial charge in [0.25, 0.3) is 5.56 Å². The van der Waals surface area contributed by atoms with Crippen molar-refractivity contribution in [2.45, 2.75) is 43.9 Å². The van der Waals surface area contributed by atoms with Gasteiger partial charge in [-0.25, -0.2) is 4.68 Å². The van der Waals surface area contributed by atoms with Gasteiger partial charge in [-0.3, -0.25) is 9.10 Å². The summed E-state index contributed by atoms with van der Waals surface area (Å²) in [5, 5.41) is 16.2. The van der Waals surface area contributed by atoms with Crippen LogP contribution in [-0.2, 0) is 10.5 Å². The fraction of sp³-hybridized carbons (Fsp3) is 0.522. The van der Waals surface area contributed by atoms with Crippen LogP contribution in [0.1, 0.15) is 49.3 Å². The van der Waals surface area contributed by atoms with Crippen LogP contribution in [0.4, 0.5) is 5.69 Å². The number of anilines is 1. The zero-order valence-electron chi connectivity index (χ0n) is 18.4. The molecule has 0 radical (unpaired) electrons. The van der Waals surface area contributed by atoms with E-state index < -0.39 is 0 Å². The summed E-state index contributed by atoms with van der Waals surface area (Å²) in [4.78, 5) is 12.4. The fourth-order valence-electron chi connectivity index (χ4n) is 3.62. The Hall–Kier alpha value is -2.05. The van der Waals surface area contributed by atoms with Crippen LogP contribution in [0, 0.1) is 11.3 Å². The van der Waals surface area contributed by atoms with Crippen LogP contribution in [0.5, 0.6) is 0 Å². The van der Waals surface area contributed by atoms with Crippen LogP contribution in [0.2, 0.25) is 5.02 Å². The molecule has 9 heteroatoms. The Balaban J connectivity index is 0.000000416. The summed E-state index contributed by atoms with van der Waals surface area (Å²) in [6, 6.07) is 9.89. The maximum atomic E-state index is 12.4.